The van der Waals surface area contributed by atoms with Crippen molar-refractivity contribution in [3.63, 3.8) is 0 Å². The van der Waals surface area contributed by atoms with E-state index in [1.54, 1.807) is 37.3 Å². The summed E-state index contributed by atoms with van der Waals surface area (Å²) in [6, 6.07) is 12.0. The molecule has 0 N–H and O–H groups in total. The van der Waals surface area contributed by atoms with Crippen molar-refractivity contribution in [2.45, 2.75) is 13.3 Å². The van der Waals surface area contributed by atoms with Crippen molar-refractivity contribution in [3.8, 4) is 11.5 Å². The molecule has 0 bridgehead atoms. The number of benzene rings is 2. The zero-order valence-electron chi connectivity index (χ0n) is 13.4. The minimum Gasteiger partial charge on any atom is -0.484 e. The fraction of sp³-hybridized carbons (Fsp3) is 0.222. The zero-order chi connectivity index (χ0) is 18.2. The molecule has 5 nitrogen and oxygen atoms in total. The van der Waals surface area contributed by atoms with Gasteiger partial charge in [0, 0.05) is 0 Å². The van der Waals surface area contributed by atoms with Crippen molar-refractivity contribution in [2.24, 2.45) is 0 Å². The summed E-state index contributed by atoms with van der Waals surface area (Å²) in [5.74, 6) is -1.52. The van der Waals surface area contributed by atoms with Gasteiger partial charge in [-0.1, -0.05) is 18.2 Å². The Morgan fingerprint density at radius 2 is 1.68 bits per heavy atom. The summed E-state index contributed by atoms with van der Waals surface area (Å²) in [4.78, 5) is 23.9. The van der Waals surface area contributed by atoms with Crippen LogP contribution in [0.3, 0.4) is 0 Å². The third kappa shape index (κ3) is 5.27. The van der Waals surface area contributed by atoms with E-state index >= 15 is 0 Å². The molecule has 2 aromatic carbocycles. The van der Waals surface area contributed by atoms with Crippen LogP contribution in [-0.2, 0) is 4.74 Å². The standard InChI is InChI=1S/C18H16F2O5/c1-2-23-17(21)13-8-9-14(15(10-13)24-11-16(19)20)25-18(22)12-6-4-3-5-7-12/h3-10,16H,2,11H2,1H3. The van der Waals surface area contributed by atoms with E-state index in [1.807, 2.05) is 0 Å². The van der Waals surface area contributed by atoms with Gasteiger partial charge in [-0.25, -0.2) is 18.4 Å². The minimum absolute atomic E-state index is 0.0671. The van der Waals surface area contributed by atoms with Gasteiger partial charge in [-0.05, 0) is 37.3 Å². The van der Waals surface area contributed by atoms with E-state index in [-0.39, 0.29) is 29.2 Å². The Morgan fingerprint density at radius 1 is 0.960 bits per heavy atom. The second kappa shape index (κ2) is 8.77. The lowest BCUT2D eigenvalue weighted by atomic mass is 10.2. The van der Waals surface area contributed by atoms with Gasteiger partial charge in [-0.15, -0.1) is 0 Å². The number of carbonyl (C=O) groups excluding carboxylic acids is 2. The first-order valence-corrected chi connectivity index (χ1v) is 7.50. The summed E-state index contributed by atoms with van der Waals surface area (Å²) in [7, 11) is 0. The summed E-state index contributed by atoms with van der Waals surface area (Å²) in [5.41, 5.74) is 0.391. The van der Waals surface area contributed by atoms with Gasteiger partial charge >= 0.3 is 11.9 Å². The molecule has 0 heterocycles. The second-order valence-electron chi connectivity index (χ2n) is 4.84. The Bertz CT molecular complexity index is 732. The van der Waals surface area contributed by atoms with Gasteiger partial charge < -0.3 is 14.2 Å². The first kappa shape index (κ1) is 18.4. The Hall–Kier alpha value is -2.96. The Balaban J connectivity index is 2.25. The fourth-order valence-electron chi connectivity index (χ4n) is 1.93. The smallest absolute Gasteiger partial charge is 0.343 e. The molecule has 7 heteroatoms. The molecule has 0 fully saturated rings. The average Bonchev–Trinajstić information content (AvgIpc) is 2.61. The Kier molecular flexibility index (Phi) is 6.45. The number of alkyl halides is 2. The van der Waals surface area contributed by atoms with Crippen molar-refractivity contribution in [3.05, 3.63) is 59.7 Å². The van der Waals surface area contributed by atoms with Crippen molar-refractivity contribution in [1.82, 2.24) is 0 Å². The molecule has 0 atom stereocenters. The van der Waals surface area contributed by atoms with Gasteiger partial charge in [0.25, 0.3) is 6.43 Å². The molecule has 0 unspecified atom stereocenters. The summed E-state index contributed by atoms with van der Waals surface area (Å²) in [6.45, 7) is 0.904. The fourth-order valence-corrected chi connectivity index (χ4v) is 1.93. The molecule has 2 rings (SSSR count). The first-order chi connectivity index (χ1) is 12.0. The molecular weight excluding hydrogens is 334 g/mol. The normalized spacial score (nSPS) is 10.4. The number of ether oxygens (including phenoxy) is 3. The van der Waals surface area contributed by atoms with Gasteiger partial charge in [0.1, 0.15) is 6.61 Å². The van der Waals surface area contributed by atoms with Gasteiger partial charge in [-0.3, -0.25) is 0 Å². The Morgan fingerprint density at radius 3 is 2.32 bits per heavy atom. The maximum Gasteiger partial charge on any atom is 0.343 e. The lowest BCUT2D eigenvalue weighted by molar-refractivity contribution is 0.0525. The first-order valence-electron chi connectivity index (χ1n) is 7.50. The number of esters is 2. The average molecular weight is 350 g/mol. The molecular formula is C18H16F2O5. The molecule has 0 saturated heterocycles. The summed E-state index contributed by atoms with van der Waals surface area (Å²) in [5, 5.41) is 0. The monoisotopic (exact) mass is 350 g/mol. The quantitative estimate of drug-likeness (QED) is 0.562. The summed E-state index contributed by atoms with van der Waals surface area (Å²) >= 11 is 0. The van der Waals surface area contributed by atoms with E-state index in [2.05, 4.69) is 0 Å². The highest BCUT2D eigenvalue weighted by Crippen LogP contribution is 2.30. The van der Waals surface area contributed by atoms with E-state index in [1.165, 1.54) is 18.2 Å². The van der Waals surface area contributed by atoms with Crippen LogP contribution in [0.15, 0.2) is 48.5 Å². The lowest BCUT2D eigenvalue weighted by Gasteiger charge is -2.13. The summed E-state index contributed by atoms with van der Waals surface area (Å²) in [6.07, 6.45) is -2.72. The van der Waals surface area contributed by atoms with Crippen LogP contribution in [0.25, 0.3) is 0 Å². The molecule has 25 heavy (non-hydrogen) atoms. The predicted octanol–water partition coefficient (Wildman–Crippen LogP) is 3.73. The maximum atomic E-state index is 12.4. The van der Waals surface area contributed by atoms with Crippen molar-refractivity contribution >= 4 is 11.9 Å². The van der Waals surface area contributed by atoms with E-state index in [0.29, 0.717) is 0 Å². The van der Waals surface area contributed by atoms with Crippen LogP contribution in [0.2, 0.25) is 0 Å². The largest absolute Gasteiger partial charge is 0.484 e. The zero-order valence-corrected chi connectivity index (χ0v) is 13.4. The van der Waals surface area contributed by atoms with Crippen LogP contribution >= 0.6 is 0 Å². The third-order valence-electron chi connectivity index (χ3n) is 3.03. The highest BCUT2D eigenvalue weighted by atomic mass is 19.3. The van der Waals surface area contributed by atoms with E-state index in [4.69, 9.17) is 14.2 Å². The number of halogens is 2. The van der Waals surface area contributed by atoms with Crippen LogP contribution < -0.4 is 9.47 Å². The number of carbonyl (C=O) groups is 2. The molecule has 0 saturated carbocycles. The highest BCUT2D eigenvalue weighted by Gasteiger charge is 2.17. The van der Waals surface area contributed by atoms with E-state index < -0.39 is 25.0 Å². The topological polar surface area (TPSA) is 61.8 Å². The summed E-state index contributed by atoms with van der Waals surface area (Å²) < 4.78 is 39.9. The van der Waals surface area contributed by atoms with Gasteiger partial charge in [0.2, 0.25) is 0 Å². The minimum atomic E-state index is -2.72. The van der Waals surface area contributed by atoms with Gasteiger partial charge in [0.15, 0.2) is 11.5 Å². The molecule has 0 aliphatic heterocycles. The third-order valence-corrected chi connectivity index (χ3v) is 3.03. The van der Waals surface area contributed by atoms with Crippen LogP contribution in [0.4, 0.5) is 8.78 Å². The van der Waals surface area contributed by atoms with Crippen LogP contribution in [0.1, 0.15) is 27.6 Å². The van der Waals surface area contributed by atoms with Crippen molar-refractivity contribution < 1.29 is 32.6 Å². The highest BCUT2D eigenvalue weighted by molar-refractivity contribution is 5.92. The van der Waals surface area contributed by atoms with E-state index in [0.717, 1.165) is 0 Å². The van der Waals surface area contributed by atoms with Crippen LogP contribution in [-0.4, -0.2) is 31.6 Å². The molecule has 0 radical (unpaired) electrons. The molecule has 0 aromatic heterocycles. The predicted molar refractivity (Wildman–Crippen MR) is 85.3 cm³/mol. The van der Waals surface area contributed by atoms with Crippen molar-refractivity contribution in [2.75, 3.05) is 13.2 Å². The Labute approximate surface area is 143 Å². The molecule has 132 valence electrons. The number of hydrogen-bond donors (Lipinski definition) is 0. The van der Waals surface area contributed by atoms with Crippen LogP contribution in [0.5, 0.6) is 11.5 Å². The molecule has 0 spiro atoms. The number of rotatable bonds is 7. The molecule has 0 aliphatic carbocycles. The molecule has 2 aromatic rings. The van der Waals surface area contributed by atoms with Crippen LogP contribution in [0, 0.1) is 0 Å². The SMILES string of the molecule is CCOC(=O)c1ccc(OC(=O)c2ccccc2)c(OCC(F)F)c1. The second-order valence-corrected chi connectivity index (χ2v) is 4.84. The molecule has 0 amide bonds. The van der Waals surface area contributed by atoms with E-state index in [9.17, 15) is 18.4 Å². The van der Waals surface area contributed by atoms with Crippen molar-refractivity contribution in [1.29, 1.82) is 0 Å². The maximum absolute atomic E-state index is 12.4. The molecule has 0 aliphatic rings. The van der Waals surface area contributed by atoms with Gasteiger partial charge in [-0.2, -0.15) is 0 Å². The number of hydrogen-bond acceptors (Lipinski definition) is 5. The lowest BCUT2D eigenvalue weighted by Crippen LogP contribution is -2.13. The van der Waals surface area contributed by atoms with Gasteiger partial charge in [0.05, 0.1) is 17.7 Å².